The smallest absolute Gasteiger partial charge is 0.237 e. The number of carbonyl (C=O) groups excluding carboxylic acids is 1. The summed E-state index contributed by atoms with van der Waals surface area (Å²) in [5.74, 6) is 1.34. The number of nitrogens with one attached hydrogen (secondary N) is 1. The van der Waals surface area contributed by atoms with Crippen LogP contribution < -0.4 is 14.8 Å². The number of anilines is 1. The largest absolute Gasteiger partial charge is 0.454 e. The molecule has 1 amide bonds. The molecule has 2 aromatic rings. The van der Waals surface area contributed by atoms with Crippen LogP contribution in [0.3, 0.4) is 0 Å². The molecule has 0 unspecified atom stereocenters. The number of rotatable bonds is 4. The molecule has 120 valence electrons. The van der Waals surface area contributed by atoms with E-state index in [1.54, 1.807) is 23.9 Å². The summed E-state index contributed by atoms with van der Waals surface area (Å²) < 4.78 is 10.6. The molecule has 0 spiro atoms. The van der Waals surface area contributed by atoms with Gasteiger partial charge in [-0.3, -0.25) is 4.79 Å². The first-order valence-electron chi connectivity index (χ1n) is 7.47. The molecule has 0 aliphatic carbocycles. The third kappa shape index (κ3) is 3.62. The van der Waals surface area contributed by atoms with Crippen molar-refractivity contribution in [1.82, 2.24) is 0 Å². The Morgan fingerprint density at radius 3 is 2.74 bits per heavy atom. The standard InChI is InChI=1S/C18H19NO3S/c1-11-4-5-12(2)17(8-11)23-13(3)18(20)19-14-6-7-15-16(9-14)22-10-21-15/h4-9,13H,10H2,1-3H3,(H,19,20)/t13-/m1/s1. The molecule has 5 heteroatoms. The fraction of sp³-hybridized carbons (Fsp3) is 0.278. The molecule has 0 aromatic heterocycles. The number of fused-ring (bicyclic) bond motifs is 1. The van der Waals surface area contributed by atoms with Gasteiger partial charge in [0.2, 0.25) is 12.7 Å². The Morgan fingerprint density at radius 2 is 1.91 bits per heavy atom. The zero-order chi connectivity index (χ0) is 16.4. The normalized spacial score (nSPS) is 13.7. The molecule has 0 bridgehead atoms. The summed E-state index contributed by atoms with van der Waals surface area (Å²) in [6, 6.07) is 11.7. The summed E-state index contributed by atoms with van der Waals surface area (Å²) in [5, 5.41) is 2.74. The third-order valence-electron chi connectivity index (χ3n) is 3.66. The van der Waals surface area contributed by atoms with Gasteiger partial charge in [0.15, 0.2) is 11.5 Å². The van der Waals surface area contributed by atoms with E-state index in [-0.39, 0.29) is 18.0 Å². The second-order valence-electron chi connectivity index (χ2n) is 5.59. The summed E-state index contributed by atoms with van der Waals surface area (Å²) >= 11 is 1.57. The number of hydrogen-bond acceptors (Lipinski definition) is 4. The van der Waals surface area contributed by atoms with Gasteiger partial charge in [-0.2, -0.15) is 0 Å². The molecule has 23 heavy (non-hydrogen) atoms. The average Bonchev–Trinajstić information content (AvgIpc) is 2.98. The highest BCUT2D eigenvalue weighted by molar-refractivity contribution is 8.00. The summed E-state index contributed by atoms with van der Waals surface area (Å²) in [6.45, 7) is 6.26. The number of thioether (sulfide) groups is 1. The minimum absolute atomic E-state index is 0.0326. The van der Waals surface area contributed by atoms with Crippen LogP contribution in [0.15, 0.2) is 41.3 Å². The second-order valence-corrected chi connectivity index (χ2v) is 6.97. The zero-order valence-electron chi connectivity index (χ0n) is 13.4. The predicted octanol–water partition coefficient (Wildman–Crippen LogP) is 4.15. The van der Waals surface area contributed by atoms with Crippen molar-refractivity contribution in [3.63, 3.8) is 0 Å². The van der Waals surface area contributed by atoms with Crippen molar-refractivity contribution in [3.05, 3.63) is 47.5 Å². The van der Waals surface area contributed by atoms with Gasteiger partial charge in [-0.15, -0.1) is 11.8 Å². The molecule has 0 saturated heterocycles. The maximum absolute atomic E-state index is 12.4. The molecule has 0 saturated carbocycles. The number of benzene rings is 2. The third-order valence-corrected chi connectivity index (χ3v) is 4.92. The van der Waals surface area contributed by atoms with Crippen molar-refractivity contribution in [1.29, 1.82) is 0 Å². The number of carbonyl (C=O) groups is 1. The summed E-state index contributed by atoms with van der Waals surface area (Å²) in [4.78, 5) is 13.5. The van der Waals surface area contributed by atoms with Crippen LogP contribution in [0.1, 0.15) is 18.1 Å². The Morgan fingerprint density at radius 1 is 1.13 bits per heavy atom. The molecule has 1 heterocycles. The molecular weight excluding hydrogens is 310 g/mol. The van der Waals surface area contributed by atoms with Crippen molar-refractivity contribution in [2.45, 2.75) is 30.9 Å². The molecule has 3 rings (SSSR count). The van der Waals surface area contributed by atoms with Crippen LogP contribution in [0.25, 0.3) is 0 Å². The predicted molar refractivity (Wildman–Crippen MR) is 92.4 cm³/mol. The van der Waals surface area contributed by atoms with Crippen molar-refractivity contribution in [3.8, 4) is 11.5 Å². The molecule has 1 atom stereocenters. The van der Waals surface area contributed by atoms with E-state index >= 15 is 0 Å². The summed E-state index contributed by atoms with van der Waals surface area (Å²) in [6.07, 6.45) is 0. The Balaban J connectivity index is 1.67. The molecule has 2 aromatic carbocycles. The highest BCUT2D eigenvalue weighted by Crippen LogP contribution is 2.34. The average molecular weight is 329 g/mol. The van der Waals surface area contributed by atoms with Crippen LogP contribution >= 0.6 is 11.8 Å². The molecular formula is C18H19NO3S. The Bertz CT molecular complexity index is 745. The molecule has 4 nitrogen and oxygen atoms in total. The molecule has 1 aliphatic rings. The van der Waals surface area contributed by atoms with E-state index in [4.69, 9.17) is 9.47 Å². The Hall–Kier alpha value is -2.14. The monoisotopic (exact) mass is 329 g/mol. The van der Waals surface area contributed by atoms with E-state index in [9.17, 15) is 4.79 Å². The zero-order valence-corrected chi connectivity index (χ0v) is 14.2. The highest BCUT2D eigenvalue weighted by Gasteiger charge is 2.18. The lowest BCUT2D eigenvalue weighted by Crippen LogP contribution is -2.22. The van der Waals surface area contributed by atoms with Crippen molar-refractivity contribution in [2.75, 3.05) is 12.1 Å². The van der Waals surface area contributed by atoms with Crippen LogP contribution in [-0.2, 0) is 4.79 Å². The van der Waals surface area contributed by atoms with Gasteiger partial charge in [-0.25, -0.2) is 0 Å². The lowest BCUT2D eigenvalue weighted by atomic mass is 10.2. The van der Waals surface area contributed by atoms with E-state index in [0.29, 0.717) is 17.2 Å². The van der Waals surface area contributed by atoms with Crippen LogP contribution in [0.2, 0.25) is 0 Å². The topological polar surface area (TPSA) is 47.6 Å². The lowest BCUT2D eigenvalue weighted by molar-refractivity contribution is -0.115. The van der Waals surface area contributed by atoms with Crippen LogP contribution in [0.4, 0.5) is 5.69 Å². The van der Waals surface area contributed by atoms with Crippen molar-refractivity contribution in [2.24, 2.45) is 0 Å². The minimum Gasteiger partial charge on any atom is -0.454 e. The van der Waals surface area contributed by atoms with Gasteiger partial charge < -0.3 is 14.8 Å². The molecule has 1 N–H and O–H groups in total. The molecule has 0 fully saturated rings. The quantitative estimate of drug-likeness (QED) is 0.856. The first-order chi connectivity index (χ1) is 11.0. The number of hydrogen-bond donors (Lipinski definition) is 1. The summed E-state index contributed by atoms with van der Waals surface area (Å²) in [7, 11) is 0. The first kappa shape index (κ1) is 15.7. The van der Waals surface area contributed by atoms with E-state index in [1.165, 1.54) is 11.1 Å². The maximum atomic E-state index is 12.4. The van der Waals surface area contributed by atoms with Crippen LogP contribution in [0.5, 0.6) is 11.5 Å². The lowest BCUT2D eigenvalue weighted by Gasteiger charge is -2.14. The number of amides is 1. The molecule has 1 aliphatic heterocycles. The van der Waals surface area contributed by atoms with Gasteiger partial charge >= 0.3 is 0 Å². The first-order valence-corrected chi connectivity index (χ1v) is 8.35. The van der Waals surface area contributed by atoms with Gasteiger partial charge in [0.25, 0.3) is 0 Å². The van der Waals surface area contributed by atoms with Gasteiger partial charge in [0.1, 0.15) is 0 Å². The van der Waals surface area contributed by atoms with Crippen LogP contribution in [-0.4, -0.2) is 18.0 Å². The van der Waals surface area contributed by atoms with Gasteiger partial charge in [0.05, 0.1) is 5.25 Å². The number of ether oxygens (including phenoxy) is 2. The Kier molecular flexibility index (Phi) is 4.48. The minimum atomic E-state index is -0.194. The van der Waals surface area contributed by atoms with Gasteiger partial charge in [-0.1, -0.05) is 17.7 Å². The van der Waals surface area contributed by atoms with Gasteiger partial charge in [0, 0.05) is 16.6 Å². The van der Waals surface area contributed by atoms with E-state index in [1.807, 2.05) is 13.0 Å². The second kappa shape index (κ2) is 6.54. The van der Waals surface area contributed by atoms with E-state index in [2.05, 4.69) is 37.4 Å². The summed E-state index contributed by atoms with van der Waals surface area (Å²) in [5.41, 5.74) is 3.09. The van der Waals surface area contributed by atoms with E-state index in [0.717, 1.165) is 4.90 Å². The number of aryl methyl sites for hydroxylation is 2. The van der Waals surface area contributed by atoms with Crippen molar-refractivity contribution >= 4 is 23.4 Å². The fourth-order valence-electron chi connectivity index (χ4n) is 2.30. The maximum Gasteiger partial charge on any atom is 0.237 e. The SMILES string of the molecule is Cc1ccc(C)c(S[C@H](C)C(=O)Nc2ccc3c(c2)OCO3)c1. The van der Waals surface area contributed by atoms with Crippen LogP contribution in [0, 0.1) is 13.8 Å². The van der Waals surface area contributed by atoms with Crippen molar-refractivity contribution < 1.29 is 14.3 Å². The Labute approximate surface area is 140 Å². The fourth-order valence-corrected chi connectivity index (χ4v) is 3.35. The molecule has 0 radical (unpaired) electrons. The highest BCUT2D eigenvalue weighted by atomic mass is 32.2. The van der Waals surface area contributed by atoms with E-state index < -0.39 is 0 Å². The van der Waals surface area contributed by atoms with Gasteiger partial charge in [-0.05, 0) is 44.5 Å².